The van der Waals surface area contributed by atoms with E-state index in [2.05, 4.69) is 24.1 Å². The summed E-state index contributed by atoms with van der Waals surface area (Å²) >= 11 is 0. The summed E-state index contributed by atoms with van der Waals surface area (Å²) in [5, 5.41) is 12.1. The number of hydrogen-bond acceptors (Lipinski definition) is 3. The van der Waals surface area contributed by atoms with Gasteiger partial charge in [0.1, 0.15) is 5.69 Å². The molecule has 1 aromatic rings. The molecule has 94 valence electrons. The second-order valence-corrected chi connectivity index (χ2v) is 4.28. The lowest BCUT2D eigenvalue weighted by Crippen LogP contribution is -2.15. The van der Waals surface area contributed by atoms with E-state index < -0.39 is 5.97 Å². The summed E-state index contributed by atoms with van der Waals surface area (Å²) < 4.78 is 0. The summed E-state index contributed by atoms with van der Waals surface area (Å²) in [4.78, 5) is 14.5. The van der Waals surface area contributed by atoms with Crippen molar-refractivity contribution in [1.29, 1.82) is 0 Å². The number of carbonyl (C=O) groups is 1. The SMILES string of the molecule is CCCCCC(C)Nc1ccnc(C(=O)O)c1. The fourth-order valence-corrected chi connectivity index (χ4v) is 1.69. The van der Waals surface area contributed by atoms with Gasteiger partial charge in [-0.1, -0.05) is 26.2 Å². The molecule has 1 aromatic heterocycles. The monoisotopic (exact) mass is 236 g/mol. The summed E-state index contributed by atoms with van der Waals surface area (Å²) in [6.07, 6.45) is 6.26. The van der Waals surface area contributed by atoms with Crippen molar-refractivity contribution >= 4 is 11.7 Å². The molecule has 1 rings (SSSR count). The van der Waals surface area contributed by atoms with Crippen molar-refractivity contribution in [1.82, 2.24) is 4.98 Å². The van der Waals surface area contributed by atoms with Crippen molar-refractivity contribution in [3.05, 3.63) is 24.0 Å². The highest BCUT2D eigenvalue weighted by molar-refractivity contribution is 5.86. The molecule has 0 saturated heterocycles. The van der Waals surface area contributed by atoms with Crippen molar-refractivity contribution in [2.75, 3.05) is 5.32 Å². The van der Waals surface area contributed by atoms with E-state index in [1.54, 1.807) is 12.1 Å². The zero-order valence-corrected chi connectivity index (χ0v) is 10.4. The number of rotatable bonds is 7. The van der Waals surface area contributed by atoms with Crippen LogP contribution in [0.5, 0.6) is 0 Å². The molecule has 4 nitrogen and oxygen atoms in total. The van der Waals surface area contributed by atoms with Crippen LogP contribution in [0.25, 0.3) is 0 Å². The van der Waals surface area contributed by atoms with Crippen LogP contribution in [0, 0.1) is 0 Å². The van der Waals surface area contributed by atoms with Gasteiger partial charge in [-0.05, 0) is 25.5 Å². The van der Waals surface area contributed by atoms with Crippen LogP contribution in [0.1, 0.15) is 50.0 Å². The van der Waals surface area contributed by atoms with Gasteiger partial charge in [-0.25, -0.2) is 9.78 Å². The third kappa shape index (κ3) is 4.85. The molecule has 0 bridgehead atoms. The molecule has 17 heavy (non-hydrogen) atoms. The Morgan fingerprint density at radius 3 is 2.94 bits per heavy atom. The molecular formula is C13H20N2O2. The Balaban J connectivity index is 2.50. The molecule has 4 heteroatoms. The first-order chi connectivity index (χ1) is 8.13. The first-order valence-electron chi connectivity index (χ1n) is 6.09. The minimum atomic E-state index is -0.993. The highest BCUT2D eigenvalue weighted by Crippen LogP contribution is 2.12. The van der Waals surface area contributed by atoms with Gasteiger partial charge in [0.05, 0.1) is 0 Å². The second-order valence-electron chi connectivity index (χ2n) is 4.28. The molecular weight excluding hydrogens is 216 g/mol. The van der Waals surface area contributed by atoms with Gasteiger partial charge in [0, 0.05) is 17.9 Å². The molecule has 0 aliphatic rings. The lowest BCUT2D eigenvalue weighted by molar-refractivity contribution is 0.0690. The zero-order chi connectivity index (χ0) is 12.7. The Bertz CT molecular complexity index is 366. The smallest absolute Gasteiger partial charge is 0.354 e. The van der Waals surface area contributed by atoms with E-state index in [1.807, 2.05) is 0 Å². The summed E-state index contributed by atoms with van der Waals surface area (Å²) in [5.74, 6) is -0.993. The van der Waals surface area contributed by atoms with Crippen molar-refractivity contribution < 1.29 is 9.90 Å². The Morgan fingerprint density at radius 1 is 1.53 bits per heavy atom. The van der Waals surface area contributed by atoms with Gasteiger partial charge >= 0.3 is 5.97 Å². The van der Waals surface area contributed by atoms with Crippen LogP contribution in [0.3, 0.4) is 0 Å². The number of unbranched alkanes of at least 4 members (excludes halogenated alkanes) is 2. The Hall–Kier alpha value is -1.58. The summed E-state index contributed by atoms with van der Waals surface area (Å²) in [6, 6.07) is 3.71. The first kappa shape index (κ1) is 13.5. The van der Waals surface area contributed by atoms with E-state index in [9.17, 15) is 4.79 Å². The van der Waals surface area contributed by atoms with Crippen LogP contribution in [0.4, 0.5) is 5.69 Å². The number of hydrogen-bond donors (Lipinski definition) is 2. The van der Waals surface area contributed by atoms with Crippen LogP contribution >= 0.6 is 0 Å². The maximum Gasteiger partial charge on any atom is 0.354 e. The average molecular weight is 236 g/mol. The predicted molar refractivity (Wildman–Crippen MR) is 68.4 cm³/mol. The number of nitrogens with one attached hydrogen (secondary N) is 1. The van der Waals surface area contributed by atoms with E-state index in [4.69, 9.17) is 5.11 Å². The molecule has 0 saturated carbocycles. The maximum atomic E-state index is 10.8. The number of carboxylic acids is 1. The molecule has 0 aliphatic carbocycles. The fourth-order valence-electron chi connectivity index (χ4n) is 1.69. The van der Waals surface area contributed by atoms with Crippen LogP contribution in [-0.4, -0.2) is 22.1 Å². The molecule has 0 spiro atoms. The van der Waals surface area contributed by atoms with Crippen LogP contribution < -0.4 is 5.32 Å². The normalized spacial score (nSPS) is 12.1. The number of aromatic nitrogens is 1. The quantitative estimate of drug-likeness (QED) is 0.714. The van der Waals surface area contributed by atoms with Crippen molar-refractivity contribution in [3.63, 3.8) is 0 Å². The molecule has 0 aliphatic heterocycles. The van der Waals surface area contributed by atoms with Gasteiger partial charge in [-0.2, -0.15) is 0 Å². The van der Waals surface area contributed by atoms with Crippen LogP contribution in [0.2, 0.25) is 0 Å². The maximum absolute atomic E-state index is 10.8. The molecule has 1 atom stereocenters. The van der Waals surface area contributed by atoms with Crippen molar-refractivity contribution in [2.24, 2.45) is 0 Å². The fraction of sp³-hybridized carbons (Fsp3) is 0.538. The summed E-state index contributed by atoms with van der Waals surface area (Å²) in [6.45, 7) is 4.29. The lowest BCUT2D eigenvalue weighted by atomic mass is 10.1. The van der Waals surface area contributed by atoms with E-state index in [0.717, 1.165) is 12.1 Å². The molecule has 1 heterocycles. The lowest BCUT2D eigenvalue weighted by Gasteiger charge is -2.15. The average Bonchev–Trinajstić information content (AvgIpc) is 2.29. The largest absolute Gasteiger partial charge is 0.477 e. The van der Waals surface area contributed by atoms with E-state index >= 15 is 0 Å². The summed E-state index contributed by atoms with van der Waals surface area (Å²) in [5.41, 5.74) is 0.900. The Morgan fingerprint density at radius 2 is 2.29 bits per heavy atom. The molecule has 2 N–H and O–H groups in total. The number of pyridine rings is 1. The second kappa shape index (κ2) is 6.89. The van der Waals surface area contributed by atoms with Gasteiger partial charge in [0.2, 0.25) is 0 Å². The highest BCUT2D eigenvalue weighted by Gasteiger charge is 2.06. The Kier molecular flexibility index (Phi) is 5.46. The predicted octanol–water partition coefficient (Wildman–Crippen LogP) is 3.16. The molecule has 1 unspecified atom stereocenters. The van der Waals surface area contributed by atoms with Gasteiger partial charge < -0.3 is 10.4 Å². The Labute approximate surface area is 102 Å². The van der Waals surface area contributed by atoms with Gasteiger partial charge in [-0.15, -0.1) is 0 Å². The molecule has 0 aromatic carbocycles. The van der Waals surface area contributed by atoms with Gasteiger partial charge in [-0.3, -0.25) is 0 Å². The van der Waals surface area contributed by atoms with Gasteiger partial charge in [0.15, 0.2) is 0 Å². The number of nitrogens with zero attached hydrogens (tertiary/aromatic N) is 1. The molecule has 0 fully saturated rings. The van der Waals surface area contributed by atoms with Gasteiger partial charge in [0.25, 0.3) is 0 Å². The molecule has 0 radical (unpaired) electrons. The number of anilines is 1. The minimum absolute atomic E-state index is 0.0794. The van der Waals surface area contributed by atoms with Crippen LogP contribution in [0.15, 0.2) is 18.3 Å². The molecule has 0 amide bonds. The first-order valence-corrected chi connectivity index (χ1v) is 6.09. The van der Waals surface area contributed by atoms with E-state index in [1.165, 1.54) is 25.5 Å². The zero-order valence-electron chi connectivity index (χ0n) is 10.4. The standard InChI is InChI=1S/C13H20N2O2/c1-3-4-5-6-10(2)15-11-7-8-14-12(9-11)13(16)17/h7-10H,3-6H2,1-2H3,(H,14,15)(H,16,17). The highest BCUT2D eigenvalue weighted by atomic mass is 16.4. The van der Waals surface area contributed by atoms with E-state index in [-0.39, 0.29) is 5.69 Å². The third-order valence-corrected chi connectivity index (χ3v) is 2.63. The van der Waals surface area contributed by atoms with E-state index in [0.29, 0.717) is 6.04 Å². The minimum Gasteiger partial charge on any atom is -0.477 e. The third-order valence-electron chi connectivity index (χ3n) is 2.63. The topological polar surface area (TPSA) is 62.2 Å². The summed E-state index contributed by atoms with van der Waals surface area (Å²) in [7, 11) is 0. The number of carboxylic acid groups (broad SMARTS) is 1. The van der Waals surface area contributed by atoms with Crippen LogP contribution in [-0.2, 0) is 0 Å². The van der Waals surface area contributed by atoms with Crippen molar-refractivity contribution in [2.45, 2.75) is 45.6 Å². The van der Waals surface area contributed by atoms with Crippen molar-refractivity contribution in [3.8, 4) is 0 Å². The number of aromatic carboxylic acids is 1.